The van der Waals surface area contributed by atoms with Crippen LogP contribution in [-0.2, 0) is 4.79 Å². The van der Waals surface area contributed by atoms with Crippen molar-refractivity contribution in [3.05, 3.63) is 78.5 Å². The smallest absolute Gasteiger partial charge is 0.245 e. The number of hydrogen-bond donors (Lipinski definition) is 2. The van der Waals surface area contributed by atoms with Gasteiger partial charge in [0, 0.05) is 17.7 Å². The second-order valence-electron chi connectivity index (χ2n) is 8.44. The molecule has 2 heterocycles. The maximum Gasteiger partial charge on any atom is 0.245 e. The number of aromatic nitrogens is 1. The maximum atomic E-state index is 12.9. The van der Waals surface area contributed by atoms with Crippen molar-refractivity contribution in [1.82, 2.24) is 20.1 Å². The molecule has 1 aliphatic heterocycles. The van der Waals surface area contributed by atoms with Crippen LogP contribution >= 0.6 is 47.0 Å². The summed E-state index contributed by atoms with van der Waals surface area (Å²) in [6.07, 6.45) is 5.96. The van der Waals surface area contributed by atoms with Crippen LogP contribution in [0.25, 0.3) is 17.0 Å². The van der Waals surface area contributed by atoms with E-state index in [0.29, 0.717) is 11.8 Å². The highest BCUT2D eigenvalue weighted by atomic mass is 35.6. The van der Waals surface area contributed by atoms with Crippen LogP contribution in [0.4, 0.5) is 5.69 Å². The predicted molar refractivity (Wildman–Crippen MR) is 153 cm³/mol. The molecule has 10 heteroatoms. The first-order valence-corrected chi connectivity index (χ1v) is 13.1. The molecular formula is C26H26Cl3N5OS. The molecule has 0 saturated carbocycles. The highest BCUT2D eigenvalue weighted by molar-refractivity contribution is 7.80. The molecule has 1 atom stereocenters. The zero-order chi connectivity index (χ0) is 25.5. The van der Waals surface area contributed by atoms with E-state index in [9.17, 15) is 4.79 Å². The van der Waals surface area contributed by atoms with Crippen molar-refractivity contribution < 1.29 is 4.79 Å². The first-order valence-electron chi connectivity index (χ1n) is 11.6. The number of hydrogen-bond acceptors (Lipinski definition) is 4. The van der Waals surface area contributed by atoms with Gasteiger partial charge in [0.2, 0.25) is 9.70 Å². The number of likely N-dealkylation sites (tertiary alicyclic amines) is 1. The number of carbonyl (C=O) groups is 1. The first kappa shape index (κ1) is 26.6. The number of para-hydroxylation sites is 1. The van der Waals surface area contributed by atoms with Crippen molar-refractivity contribution in [2.75, 3.05) is 25.1 Å². The molecule has 1 aromatic heterocycles. The van der Waals surface area contributed by atoms with Gasteiger partial charge < -0.3 is 15.5 Å². The molecule has 1 amide bonds. The Hall–Kier alpha value is -2.42. The van der Waals surface area contributed by atoms with E-state index >= 15 is 0 Å². The van der Waals surface area contributed by atoms with E-state index in [4.69, 9.17) is 47.0 Å². The van der Waals surface area contributed by atoms with Gasteiger partial charge in [0.15, 0.2) is 11.3 Å². The number of halogens is 3. The molecule has 2 N–H and O–H groups in total. The lowest BCUT2D eigenvalue weighted by molar-refractivity contribution is -0.118. The van der Waals surface area contributed by atoms with E-state index in [1.165, 1.54) is 6.08 Å². The molecule has 36 heavy (non-hydrogen) atoms. The van der Waals surface area contributed by atoms with Gasteiger partial charge in [-0.2, -0.15) is 0 Å². The highest BCUT2D eigenvalue weighted by Gasteiger charge is 2.40. The fraction of sp³-hybridized carbons (Fsp3) is 0.269. The number of nitrogens with one attached hydrogen (secondary N) is 2. The van der Waals surface area contributed by atoms with Gasteiger partial charge in [-0.25, -0.2) is 0 Å². The minimum Gasteiger partial charge on any atom is -0.331 e. The second kappa shape index (κ2) is 12.2. The lowest BCUT2D eigenvalue weighted by atomic mass is 10.2. The summed E-state index contributed by atoms with van der Waals surface area (Å²) in [7, 11) is 0. The Morgan fingerprint density at radius 1 is 1.08 bits per heavy atom. The molecular weight excluding hydrogens is 537 g/mol. The molecule has 2 aromatic carbocycles. The van der Waals surface area contributed by atoms with Gasteiger partial charge in [-0.1, -0.05) is 83.3 Å². The average Bonchev–Trinajstić information content (AvgIpc) is 3.38. The second-order valence-corrected chi connectivity index (χ2v) is 11.2. The Morgan fingerprint density at radius 3 is 2.53 bits per heavy atom. The van der Waals surface area contributed by atoms with Crippen molar-refractivity contribution in [2.24, 2.45) is 0 Å². The van der Waals surface area contributed by atoms with E-state index < -0.39 is 15.9 Å². The summed E-state index contributed by atoms with van der Waals surface area (Å²) < 4.78 is -1.86. The molecule has 0 aliphatic carbocycles. The van der Waals surface area contributed by atoms with E-state index in [1.807, 2.05) is 60.7 Å². The van der Waals surface area contributed by atoms with Crippen molar-refractivity contribution in [3.63, 3.8) is 0 Å². The topological polar surface area (TPSA) is 60.5 Å². The van der Waals surface area contributed by atoms with E-state index in [1.54, 1.807) is 17.2 Å². The number of pyridine rings is 1. The summed E-state index contributed by atoms with van der Waals surface area (Å²) in [5.74, 6) is -0.406. The van der Waals surface area contributed by atoms with Crippen molar-refractivity contribution in [1.29, 1.82) is 0 Å². The number of benzene rings is 2. The van der Waals surface area contributed by atoms with Gasteiger partial charge in [-0.05, 0) is 61.9 Å². The summed E-state index contributed by atoms with van der Waals surface area (Å²) in [5.41, 5.74) is 2.37. The molecule has 1 unspecified atom stereocenters. The van der Waals surface area contributed by atoms with Crippen molar-refractivity contribution in [3.8, 4) is 0 Å². The average molecular weight is 563 g/mol. The van der Waals surface area contributed by atoms with Crippen LogP contribution in [0.2, 0.25) is 0 Å². The highest BCUT2D eigenvalue weighted by Crippen LogP contribution is 2.33. The Labute approximate surface area is 231 Å². The first-order chi connectivity index (χ1) is 17.3. The quantitative estimate of drug-likeness (QED) is 0.164. The summed E-state index contributed by atoms with van der Waals surface area (Å²) in [6.45, 7) is 2.16. The molecule has 1 aliphatic rings. The van der Waals surface area contributed by atoms with E-state index in [0.717, 1.165) is 48.1 Å². The number of carbonyl (C=O) groups excluding carboxylic acids is 1. The Bertz CT molecular complexity index is 1220. The number of rotatable bonds is 7. The largest absolute Gasteiger partial charge is 0.331 e. The van der Waals surface area contributed by atoms with Crippen LogP contribution < -0.4 is 10.6 Å². The van der Waals surface area contributed by atoms with Crippen LogP contribution in [0.15, 0.2) is 72.9 Å². The predicted octanol–water partition coefficient (Wildman–Crippen LogP) is 5.81. The van der Waals surface area contributed by atoms with Gasteiger partial charge in [-0.15, -0.1) is 0 Å². The molecule has 1 fully saturated rings. The SMILES string of the molecule is O=C(/C=C/c1ccccc1)NC(N(CN1CCCC1)C(=S)Nc1cccc2cccnc12)C(Cl)(Cl)Cl. The summed E-state index contributed by atoms with van der Waals surface area (Å²) in [4.78, 5) is 21.3. The number of nitrogens with zero attached hydrogens (tertiary/aromatic N) is 3. The molecule has 6 nitrogen and oxygen atoms in total. The number of fused-ring (bicyclic) bond motifs is 1. The van der Waals surface area contributed by atoms with Crippen LogP contribution in [0.1, 0.15) is 18.4 Å². The number of thiocarbonyl (C=S) groups is 1. The number of anilines is 1. The summed E-state index contributed by atoms with van der Waals surface area (Å²) >= 11 is 25.1. The van der Waals surface area contributed by atoms with Crippen LogP contribution in [0.3, 0.4) is 0 Å². The van der Waals surface area contributed by atoms with E-state index in [-0.39, 0.29) is 0 Å². The fourth-order valence-corrected chi connectivity index (χ4v) is 4.84. The van der Waals surface area contributed by atoms with Gasteiger partial charge in [0.1, 0.15) is 0 Å². The minimum absolute atomic E-state index is 0.309. The Kier molecular flexibility index (Phi) is 9.04. The molecule has 1 saturated heterocycles. The van der Waals surface area contributed by atoms with Gasteiger partial charge >= 0.3 is 0 Å². The molecule has 0 spiro atoms. The minimum atomic E-state index is -1.86. The monoisotopic (exact) mass is 561 g/mol. The standard InChI is InChI=1S/C26H26Cl3N5OS/c27-26(28,29)24(32-22(35)14-13-19-8-2-1-3-9-19)34(18-33-16-4-5-17-33)25(36)31-21-12-6-10-20-11-7-15-30-23(20)21/h1-3,6-15,24H,4-5,16-18H2,(H,31,36)(H,32,35)/b14-13+. The molecule has 4 rings (SSSR count). The summed E-state index contributed by atoms with van der Waals surface area (Å²) in [5, 5.41) is 7.38. The van der Waals surface area contributed by atoms with E-state index in [2.05, 4.69) is 20.5 Å². The Balaban J connectivity index is 1.59. The normalized spacial score (nSPS) is 15.2. The summed E-state index contributed by atoms with van der Waals surface area (Å²) in [6, 6.07) is 19.1. The third kappa shape index (κ3) is 7.08. The molecule has 3 aromatic rings. The van der Waals surface area contributed by atoms with Gasteiger partial charge in [0.05, 0.1) is 17.9 Å². The van der Waals surface area contributed by atoms with Gasteiger partial charge in [0.25, 0.3) is 0 Å². The lowest BCUT2D eigenvalue weighted by Gasteiger charge is -2.39. The van der Waals surface area contributed by atoms with Gasteiger partial charge in [-0.3, -0.25) is 14.7 Å². The third-order valence-electron chi connectivity index (χ3n) is 5.81. The number of amides is 1. The molecule has 188 valence electrons. The zero-order valence-electron chi connectivity index (χ0n) is 19.4. The van der Waals surface area contributed by atoms with Crippen molar-refractivity contribution in [2.45, 2.75) is 22.8 Å². The van der Waals surface area contributed by atoms with Crippen LogP contribution in [0, 0.1) is 0 Å². The van der Waals surface area contributed by atoms with Crippen LogP contribution in [-0.4, -0.2) is 55.5 Å². The number of alkyl halides is 3. The lowest BCUT2D eigenvalue weighted by Crippen LogP contribution is -2.60. The van der Waals surface area contributed by atoms with Crippen LogP contribution in [0.5, 0.6) is 0 Å². The Morgan fingerprint density at radius 2 is 1.81 bits per heavy atom. The molecule has 0 bridgehead atoms. The third-order valence-corrected chi connectivity index (χ3v) is 6.77. The maximum absolute atomic E-state index is 12.9. The molecule has 0 radical (unpaired) electrons. The van der Waals surface area contributed by atoms with Crippen molar-refractivity contribution >= 4 is 80.7 Å². The zero-order valence-corrected chi connectivity index (χ0v) is 22.5. The fourth-order valence-electron chi connectivity index (χ4n) is 4.05.